The number of aryl methyl sites for hydroxylation is 2. The molecule has 0 saturated carbocycles. The van der Waals surface area contributed by atoms with Crippen molar-refractivity contribution in [3.63, 3.8) is 0 Å². The van der Waals surface area contributed by atoms with Gasteiger partial charge in [-0.1, -0.05) is 33.6 Å². The van der Waals surface area contributed by atoms with Gasteiger partial charge in [-0.2, -0.15) is 0 Å². The Morgan fingerprint density at radius 3 is 2.84 bits per heavy atom. The number of halogens is 2. The monoisotopic (exact) mass is 356 g/mol. The van der Waals surface area contributed by atoms with Gasteiger partial charge in [-0.15, -0.1) is 11.3 Å². The maximum atomic E-state index is 6.34. The molecule has 1 aliphatic rings. The summed E-state index contributed by atoms with van der Waals surface area (Å²) in [5.41, 5.74) is 2.62. The Balaban J connectivity index is 1.92. The molecular formula is C15H14BrClOS. The number of hydrogen-bond acceptors (Lipinski definition) is 2. The average Bonchev–Trinajstić information content (AvgIpc) is 2.98. The van der Waals surface area contributed by atoms with Crippen LogP contribution in [0.2, 0.25) is 5.02 Å². The maximum absolute atomic E-state index is 6.34. The van der Waals surface area contributed by atoms with Crippen molar-refractivity contribution in [2.75, 3.05) is 7.11 Å². The first-order valence-corrected chi connectivity index (χ1v) is 8.39. The largest absolute Gasteiger partial charge is 0.497 e. The SMILES string of the molecule is COc1ccc(C(Br)c2cc3c(s2)CCC3)c(Cl)c1. The van der Waals surface area contributed by atoms with E-state index in [4.69, 9.17) is 16.3 Å². The Labute approximate surface area is 130 Å². The Morgan fingerprint density at radius 2 is 2.16 bits per heavy atom. The molecule has 1 aromatic carbocycles. The standard InChI is InChI=1S/C15H14BrClOS/c1-18-10-5-6-11(12(17)8-10)15(16)14-7-9-3-2-4-13(9)19-14/h5-8,15H,2-4H2,1H3. The lowest BCUT2D eigenvalue weighted by Crippen LogP contribution is -1.92. The molecule has 100 valence electrons. The summed E-state index contributed by atoms with van der Waals surface area (Å²) in [5, 5.41) is 0.745. The van der Waals surface area contributed by atoms with Gasteiger partial charge in [0, 0.05) is 14.8 Å². The first-order valence-electron chi connectivity index (χ1n) is 6.28. The van der Waals surface area contributed by atoms with Crippen LogP contribution in [0.15, 0.2) is 24.3 Å². The third kappa shape index (κ3) is 2.56. The number of ether oxygens (including phenoxy) is 1. The van der Waals surface area contributed by atoms with Crippen molar-refractivity contribution < 1.29 is 4.74 Å². The first-order chi connectivity index (χ1) is 9.19. The molecule has 0 spiro atoms. The van der Waals surface area contributed by atoms with Crippen molar-refractivity contribution in [2.24, 2.45) is 0 Å². The van der Waals surface area contributed by atoms with Crippen LogP contribution >= 0.6 is 38.9 Å². The molecule has 1 heterocycles. The second-order valence-electron chi connectivity index (χ2n) is 4.70. The molecule has 0 bridgehead atoms. The Hall–Kier alpha value is -0.510. The summed E-state index contributed by atoms with van der Waals surface area (Å²) in [6, 6.07) is 8.18. The predicted octanol–water partition coefficient (Wildman–Crippen LogP) is 5.38. The van der Waals surface area contributed by atoms with E-state index in [0.717, 1.165) is 16.3 Å². The van der Waals surface area contributed by atoms with Crippen LogP contribution in [0.4, 0.5) is 0 Å². The molecule has 0 amide bonds. The molecule has 0 fully saturated rings. The molecule has 0 aliphatic heterocycles. The highest BCUT2D eigenvalue weighted by Gasteiger charge is 2.21. The second-order valence-corrected chi connectivity index (χ2v) is 7.19. The van der Waals surface area contributed by atoms with Crippen LogP contribution in [0.5, 0.6) is 5.75 Å². The molecule has 0 radical (unpaired) electrons. The predicted molar refractivity (Wildman–Crippen MR) is 85.1 cm³/mol. The lowest BCUT2D eigenvalue weighted by molar-refractivity contribution is 0.414. The van der Waals surface area contributed by atoms with Crippen LogP contribution < -0.4 is 4.74 Å². The highest BCUT2D eigenvalue weighted by molar-refractivity contribution is 9.09. The molecule has 1 atom stereocenters. The molecule has 1 aliphatic carbocycles. The van der Waals surface area contributed by atoms with E-state index in [1.165, 1.54) is 29.7 Å². The number of fused-ring (bicyclic) bond motifs is 1. The lowest BCUT2D eigenvalue weighted by Gasteiger charge is -2.11. The fraction of sp³-hybridized carbons (Fsp3) is 0.333. The molecular weight excluding hydrogens is 344 g/mol. The minimum atomic E-state index is 0.168. The molecule has 1 aromatic heterocycles. The van der Waals surface area contributed by atoms with Gasteiger partial charge < -0.3 is 4.74 Å². The lowest BCUT2D eigenvalue weighted by atomic mass is 10.1. The number of thiophene rings is 1. The van der Waals surface area contributed by atoms with Crippen molar-refractivity contribution in [3.05, 3.63) is 50.2 Å². The summed E-state index contributed by atoms with van der Waals surface area (Å²) in [6.07, 6.45) is 3.76. The van der Waals surface area contributed by atoms with E-state index in [0.29, 0.717) is 0 Å². The summed E-state index contributed by atoms with van der Waals surface area (Å²) in [5.74, 6) is 0.794. The maximum Gasteiger partial charge on any atom is 0.120 e. The average molecular weight is 358 g/mol. The van der Waals surface area contributed by atoms with E-state index >= 15 is 0 Å². The van der Waals surface area contributed by atoms with Gasteiger partial charge in [-0.25, -0.2) is 0 Å². The zero-order valence-corrected chi connectivity index (χ0v) is 13.7. The fourth-order valence-corrected chi connectivity index (χ4v) is 4.95. The van der Waals surface area contributed by atoms with E-state index in [1.54, 1.807) is 12.0 Å². The third-order valence-corrected chi connectivity index (χ3v) is 6.41. The number of methoxy groups -OCH3 is 1. The molecule has 4 heteroatoms. The van der Waals surface area contributed by atoms with E-state index in [1.807, 2.05) is 29.5 Å². The van der Waals surface area contributed by atoms with Crippen LogP contribution in [0.1, 0.15) is 32.1 Å². The summed E-state index contributed by atoms with van der Waals surface area (Å²) in [6.45, 7) is 0. The van der Waals surface area contributed by atoms with Crippen LogP contribution in [-0.2, 0) is 12.8 Å². The van der Waals surface area contributed by atoms with Gasteiger partial charge in [0.2, 0.25) is 0 Å². The number of hydrogen-bond donors (Lipinski definition) is 0. The number of benzene rings is 1. The Morgan fingerprint density at radius 1 is 1.32 bits per heavy atom. The highest BCUT2D eigenvalue weighted by atomic mass is 79.9. The van der Waals surface area contributed by atoms with Crippen LogP contribution in [0, 0.1) is 0 Å². The summed E-state index contributed by atoms with van der Waals surface area (Å²) < 4.78 is 5.19. The molecule has 1 nitrogen and oxygen atoms in total. The van der Waals surface area contributed by atoms with Gasteiger partial charge in [-0.05, 0) is 48.6 Å². The number of rotatable bonds is 3. The van der Waals surface area contributed by atoms with E-state index in [2.05, 4.69) is 22.0 Å². The summed E-state index contributed by atoms with van der Waals surface area (Å²) in [7, 11) is 1.65. The van der Waals surface area contributed by atoms with Gasteiger partial charge in [0.25, 0.3) is 0 Å². The minimum Gasteiger partial charge on any atom is -0.497 e. The molecule has 2 aromatic rings. The summed E-state index contributed by atoms with van der Waals surface area (Å²) in [4.78, 5) is 3.06. The van der Waals surface area contributed by atoms with Crippen LogP contribution in [-0.4, -0.2) is 7.11 Å². The molecule has 3 rings (SSSR count). The Bertz CT molecular complexity index is 587. The van der Waals surface area contributed by atoms with E-state index in [9.17, 15) is 0 Å². The van der Waals surface area contributed by atoms with Crippen molar-refractivity contribution >= 4 is 38.9 Å². The van der Waals surface area contributed by atoms with E-state index < -0.39 is 0 Å². The molecule has 1 unspecified atom stereocenters. The van der Waals surface area contributed by atoms with Crippen molar-refractivity contribution in [2.45, 2.75) is 24.1 Å². The highest BCUT2D eigenvalue weighted by Crippen LogP contribution is 2.42. The molecule has 0 N–H and O–H groups in total. The van der Waals surface area contributed by atoms with Crippen LogP contribution in [0.3, 0.4) is 0 Å². The van der Waals surface area contributed by atoms with Crippen molar-refractivity contribution in [3.8, 4) is 5.75 Å². The van der Waals surface area contributed by atoms with Gasteiger partial charge in [0.05, 0.1) is 11.9 Å². The second kappa shape index (κ2) is 5.47. The topological polar surface area (TPSA) is 9.23 Å². The smallest absolute Gasteiger partial charge is 0.120 e. The molecule has 0 saturated heterocycles. The van der Waals surface area contributed by atoms with E-state index in [-0.39, 0.29) is 4.83 Å². The molecule has 19 heavy (non-hydrogen) atoms. The zero-order valence-electron chi connectivity index (χ0n) is 10.6. The van der Waals surface area contributed by atoms with Gasteiger partial charge in [0.15, 0.2) is 0 Å². The van der Waals surface area contributed by atoms with Crippen molar-refractivity contribution in [1.29, 1.82) is 0 Å². The van der Waals surface area contributed by atoms with Gasteiger partial charge in [-0.3, -0.25) is 0 Å². The normalized spacial score (nSPS) is 15.3. The zero-order chi connectivity index (χ0) is 13.4. The van der Waals surface area contributed by atoms with Gasteiger partial charge >= 0.3 is 0 Å². The first kappa shape index (κ1) is 13.5. The quantitative estimate of drug-likeness (QED) is 0.670. The Kier molecular flexibility index (Phi) is 3.88. The fourth-order valence-electron chi connectivity index (χ4n) is 2.47. The minimum absolute atomic E-state index is 0.168. The summed E-state index contributed by atoms with van der Waals surface area (Å²) >= 11 is 12.0. The van der Waals surface area contributed by atoms with Gasteiger partial charge in [0.1, 0.15) is 5.75 Å². The third-order valence-electron chi connectivity index (χ3n) is 3.50. The van der Waals surface area contributed by atoms with Crippen LogP contribution in [0.25, 0.3) is 0 Å². The van der Waals surface area contributed by atoms with Crippen molar-refractivity contribution in [1.82, 2.24) is 0 Å². The number of alkyl halides is 1.